The second-order valence-corrected chi connectivity index (χ2v) is 2.99. The predicted molar refractivity (Wildman–Crippen MR) is 50.6 cm³/mol. The Hall–Kier alpha value is -0.910. The lowest BCUT2D eigenvalue weighted by atomic mass is 10.2. The standard InChI is InChI=1S/C7H8BrF2N3/c8-2-5-3(6(9)10)1-4(11)7(12)13-5/h1,6H,2,11H2,(H2,12,13). The molecule has 0 aromatic carbocycles. The van der Waals surface area contributed by atoms with E-state index in [1.54, 1.807) is 0 Å². The van der Waals surface area contributed by atoms with Crippen LogP contribution >= 0.6 is 15.9 Å². The number of hydrogen-bond donors (Lipinski definition) is 2. The van der Waals surface area contributed by atoms with Crippen molar-refractivity contribution < 1.29 is 8.78 Å². The van der Waals surface area contributed by atoms with E-state index in [4.69, 9.17) is 11.5 Å². The van der Waals surface area contributed by atoms with Crippen LogP contribution in [0.1, 0.15) is 17.7 Å². The normalized spacial score (nSPS) is 10.8. The minimum Gasteiger partial charge on any atom is -0.396 e. The van der Waals surface area contributed by atoms with Gasteiger partial charge in [-0.25, -0.2) is 13.8 Å². The second kappa shape index (κ2) is 3.87. The Bertz CT molecular complexity index is 317. The molecule has 3 nitrogen and oxygen atoms in total. The van der Waals surface area contributed by atoms with Gasteiger partial charge in [0.05, 0.1) is 11.4 Å². The zero-order chi connectivity index (χ0) is 10.0. The van der Waals surface area contributed by atoms with Crippen molar-refractivity contribution >= 4 is 27.4 Å². The van der Waals surface area contributed by atoms with Gasteiger partial charge in [0.15, 0.2) is 0 Å². The van der Waals surface area contributed by atoms with Crippen LogP contribution in [-0.2, 0) is 5.33 Å². The number of anilines is 2. The fourth-order valence-corrected chi connectivity index (χ4v) is 1.34. The van der Waals surface area contributed by atoms with Crippen LogP contribution < -0.4 is 11.5 Å². The summed E-state index contributed by atoms with van der Waals surface area (Å²) < 4.78 is 24.7. The van der Waals surface area contributed by atoms with Gasteiger partial charge in [-0.15, -0.1) is 0 Å². The average Bonchev–Trinajstić information content (AvgIpc) is 2.08. The Morgan fingerprint density at radius 3 is 2.54 bits per heavy atom. The first-order valence-electron chi connectivity index (χ1n) is 3.45. The Labute approximate surface area is 82.3 Å². The Kier molecular flexibility index (Phi) is 3.02. The lowest BCUT2D eigenvalue weighted by Crippen LogP contribution is -2.04. The third-order valence-electron chi connectivity index (χ3n) is 1.56. The maximum Gasteiger partial charge on any atom is 0.265 e. The lowest BCUT2D eigenvalue weighted by Gasteiger charge is -2.08. The van der Waals surface area contributed by atoms with Gasteiger partial charge in [-0.2, -0.15) is 0 Å². The number of aromatic nitrogens is 1. The van der Waals surface area contributed by atoms with Gasteiger partial charge in [-0.05, 0) is 6.07 Å². The molecule has 0 spiro atoms. The molecule has 0 radical (unpaired) electrons. The molecule has 0 saturated heterocycles. The molecule has 0 unspecified atom stereocenters. The molecular formula is C7H8BrF2N3. The van der Waals surface area contributed by atoms with Gasteiger partial charge in [0.25, 0.3) is 6.43 Å². The highest BCUT2D eigenvalue weighted by molar-refractivity contribution is 9.08. The Morgan fingerprint density at radius 1 is 1.46 bits per heavy atom. The monoisotopic (exact) mass is 251 g/mol. The zero-order valence-corrected chi connectivity index (χ0v) is 8.18. The van der Waals surface area contributed by atoms with Gasteiger partial charge in [0.1, 0.15) is 5.82 Å². The number of rotatable bonds is 2. The maximum atomic E-state index is 12.4. The van der Waals surface area contributed by atoms with E-state index in [-0.39, 0.29) is 28.1 Å². The molecule has 1 heterocycles. The van der Waals surface area contributed by atoms with Crippen molar-refractivity contribution in [3.8, 4) is 0 Å². The molecule has 0 saturated carbocycles. The summed E-state index contributed by atoms with van der Waals surface area (Å²) in [4.78, 5) is 3.74. The van der Waals surface area contributed by atoms with Crippen molar-refractivity contribution in [2.75, 3.05) is 11.5 Å². The highest BCUT2D eigenvalue weighted by atomic mass is 79.9. The van der Waals surface area contributed by atoms with E-state index in [0.29, 0.717) is 0 Å². The summed E-state index contributed by atoms with van der Waals surface area (Å²) in [6.45, 7) is 0. The van der Waals surface area contributed by atoms with Crippen LogP contribution in [0, 0.1) is 0 Å². The number of hydrogen-bond acceptors (Lipinski definition) is 3. The number of halogens is 3. The van der Waals surface area contributed by atoms with Crippen LogP contribution in [0.4, 0.5) is 20.3 Å². The molecule has 4 N–H and O–H groups in total. The quantitative estimate of drug-likeness (QED) is 0.792. The summed E-state index contributed by atoms with van der Waals surface area (Å²) in [6.07, 6.45) is -2.58. The number of nitrogens with two attached hydrogens (primary N) is 2. The van der Waals surface area contributed by atoms with Crippen LogP contribution in [0.2, 0.25) is 0 Å². The topological polar surface area (TPSA) is 64.9 Å². The highest BCUT2D eigenvalue weighted by Crippen LogP contribution is 2.27. The molecule has 1 rings (SSSR count). The number of pyridine rings is 1. The molecule has 0 aliphatic heterocycles. The molecule has 0 aliphatic rings. The molecule has 72 valence electrons. The van der Waals surface area contributed by atoms with E-state index < -0.39 is 6.43 Å². The summed E-state index contributed by atoms with van der Waals surface area (Å²) in [7, 11) is 0. The van der Waals surface area contributed by atoms with Crippen LogP contribution in [0.25, 0.3) is 0 Å². The van der Waals surface area contributed by atoms with Crippen LogP contribution in [-0.4, -0.2) is 4.98 Å². The third kappa shape index (κ3) is 2.06. The summed E-state index contributed by atoms with van der Waals surface area (Å²) in [5.74, 6) is 0.0823. The average molecular weight is 252 g/mol. The van der Waals surface area contributed by atoms with Crippen molar-refractivity contribution in [2.45, 2.75) is 11.8 Å². The first-order chi connectivity index (χ1) is 6.06. The fourth-order valence-electron chi connectivity index (χ4n) is 0.895. The first kappa shape index (κ1) is 10.2. The van der Waals surface area contributed by atoms with Crippen molar-refractivity contribution in [1.29, 1.82) is 0 Å². The molecule has 13 heavy (non-hydrogen) atoms. The SMILES string of the molecule is Nc1cc(C(F)F)c(CBr)nc1N. The fraction of sp³-hybridized carbons (Fsp3) is 0.286. The molecular weight excluding hydrogens is 244 g/mol. The maximum absolute atomic E-state index is 12.4. The van der Waals surface area contributed by atoms with E-state index >= 15 is 0 Å². The highest BCUT2D eigenvalue weighted by Gasteiger charge is 2.15. The van der Waals surface area contributed by atoms with Crippen LogP contribution in [0.15, 0.2) is 6.07 Å². The van der Waals surface area contributed by atoms with Crippen molar-refractivity contribution in [2.24, 2.45) is 0 Å². The Balaban J connectivity index is 3.25. The number of nitrogens with zero attached hydrogens (tertiary/aromatic N) is 1. The van der Waals surface area contributed by atoms with Crippen LogP contribution in [0.5, 0.6) is 0 Å². The summed E-state index contributed by atoms with van der Waals surface area (Å²) in [5, 5.41) is 0.233. The van der Waals surface area contributed by atoms with Crippen molar-refractivity contribution in [3.05, 3.63) is 17.3 Å². The van der Waals surface area contributed by atoms with Gasteiger partial charge < -0.3 is 11.5 Å². The minimum absolute atomic E-state index is 0.0823. The van der Waals surface area contributed by atoms with Crippen molar-refractivity contribution in [3.63, 3.8) is 0 Å². The largest absolute Gasteiger partial charge is 0.396 e. The first-order valence-corrected chi connectivity index (χ1v) is 4.57. The smallest absolute Gasteiger partial charge is 0.265 e. The Morgan fingerprint density at radius 2 is 2.08 bits per heavy atom. The van der Waals surface area contributed by atoms with E-state index in [1.165, 1.54) is 0 Å². The molecule has 1 aromatic rings. The van der Waals surface area contributed by atoms with Crippen molar-refractivity contribution in [1.82, 2.24) is 4.98 Å². The van der Waals surface area contributed by atoms with E-state index in [1.807, 2.05) is 0 Å². The third-order valence-corrected chi connectivity index (χ3v) is 2.09. The molecule has 0 atom stereocenters. The predicted octanol–water partition coefficient (Wildman–Crippen LogP) is 2.08. The van der Waals surface area contributed by atoms with Gasteiger partial charge in [0, 0.05) is 10.9 Å². The summed E-state index contributed by atoms with van der Waals surface area (Å²) in [6, 6.07) is 1.16. The van der Waals surface area contributed by atoms with Crippen LogP contribution in [0.3, 0.4) is 0 Å². The number of nitrogen functional groups attached to an aromatic ring is 2. The van der Waals surface area contributed by atoms with Gasteiger partial charge >= 0.3 is 0 Å². The summed E-state index contributed by atoms with van der Waals surface area (Å²) in [5.41, 5.74) is 10.8. The van der Waals surface area contributed by atoms with Gasteiger partial charge in [-0.1, -0.05) is 15.9 Å². The minimum atomic E-state index is -2.58. The molecule has 0 fully saturated rings. The zero-order valence-electron chi connectivity index (χ0n) is 6.60. The second-order valence-electron chi connectivity index (χ2n) is 2.43. The van der Waals surface area contributed by atoms with E-state index in [2.05, 4.69) is 20.9 Å². The van der Waals surface area contributed by atoms with E-state index in [0.717, 1.165) is 6.07 Å². The van der Waals surface area contributed by atoms with Gasteiger partial charge in [0.2, 0.25) is 0 Å². The van der Waals surface area contributed by atoms with Gasteiger partial charge in [-0.3, -0.25) is 0 Å². The molecule has 0 bridgehead atoms. The summed E-state index contributed by atoms with van der Waals surface area (Å²) >= 11 is 3.04. The lowest BCUT2D eigenvalue weighted by molar-refractivity contribution is 0.150. The molecule has 0 aliphatic carbocycles. The van der Waals surface area contributed by atoms with E-state index in [9.17, 15) is 8.78 Å². The molecule has 6 heteroatoms. The number of alkyl halides is 3. The molecule has 0 amide bonds. The molecule has 1 aromatic heterocycles.